The number of fused-ring (bicyclic) bond motifs is 1. The molecule has 3 nitrogen and oxygen atoms in total. The van der Waals surface area contributed by atoms with Crippen LogP contribution in [0.15, 0.2) is 48.5 Å². The second-order valence-corrected chi connectivity index (χ2v) is 6.55. The standard InChI is InChI=1S/C19H18F3N3/c20-19(21,22)15-7-5-13(6-8-15)11-25-10-9-14(12-25)18-23-16-3-1-2-4-17(16)24-18/h1-8,14H,9-12H2,(H,23,24)/t14-/m0/s1. The number of nitrogens with zero attached hydrogens (tertiary/aromatic N) is 2. The SMILES string of the molecule is FC(F)(F)c1ccc(CN2CC[C@H](c3nc4ccccc4[nH]3)C2)cc1. The highest BCUT2D eigenvalue weighted by Crippen LogP contribution is 2.30. The Morgan fingerprint density at radius 1 is 1.08 bits per heavy atom. The minimum atomic E-state index is -4.28. The van der Waals surface area contributed by atoms with Gasteiger partial charge in [-0.25, -0.2) is 4.98 Å². The summed E-state index contributed by atoms with van der Waals surface area (Å²) < 4.78 is 37.9. The van der Waals surface area contributed by atoms with Crippen molar-refractivity contribution in [2.45, 2.75) is 25.1 Å². The molecule has 6 heteroatoms. The molecule has 1 N–H and O–H groups in total. The quantitative estimate of drug-likeness (QED) is 0.754. The molecule has 1 aromatic heterocycles. The summed E-state index contributed by atoms with van der Waals surface area (Å²) in [6.45, 7) is 2.44. The fourth-order valence-corrected chi connectivity index (χ4v) is 3.42. The molecule has 0 unspecified atom stereocenters. The predicted molar refractivity (Wildman–Crippen MR) is 90.2 cm³/mol. The number of likely N-dealkylation sites (tertiary alicyclic amines) is 1. The van der Waals surface area contributed by atoms with E-state index < -0.39 is 11.7 Å². The molecule has 25 heavy (non-hydrogen) atoms. The van der Waals surface area contributed by atoms with Crippen LogP contribution in [0, 0.1) is 0 Å². The Bertz CT molecular complexity index is 835. The number of nitrogens with one attached hydrogen (secondary N) is 1. The zero-order valence-electron chi connectivity index (χ0n) is 13.6. The van der Waals surface area contributed by atoms with E-state index in [0.29, 0.717) is 12.5 Å². The fourth-order valence-electron chi connectivity index (χ4n) is 3.42. The lowest BCUT2D eigenvalue weighted by atomic mass is 10.1. The zero-order chi connectivity index (χ0) is 17.4. The molecule has 2 aromatic carbocycles. The number of para-hydroxylation sites is 2. The van der Waals surface area contributed by atoms with Crippen molar-refractivity contribution in [1.29, 1.82) is 0 Å². The third-order valence-corrected chi connectivity index (χ3v) is 4.75. The van der Waals surface area contributed by atoms with Crippen LogP contribution < -0.4 is 0 Å². The molecule has 1 fully saturated rings. The highest BCUT2D eigenvalue weighted by molar-refractivity contribution is 5.74. The second-order valence-electron chi connectivity index (χ2n) is 6.55. The summed E-state index contributed by atoms with van der Waals surface area (Å²) in [6.07, 6.45) is -3.28. The van der Waals surface area contributed by atoms with Gasteiger partial charge >= 0.3 is 6.18 Å². The maximum Gasteiger partial charge on any atom is 0.416 e. The topological polar surface area (TPSA) is 31.9 Å². The predicted octanol–water partition coefficient (Wildman–Crippen LogP) is 4.57. The molecule has 3 aromatic rings. The molecule has 2 heterocycles. The van der Waals surface area contributed by atoms with Crippen LogP contribution >= 0.6 is 0 Å². The van der Waals surface area contributed by atoms with Gasteiger partial charge in [-0.2, -0.15) is 13.2 Å². The number of H-pyrrole nitrogens is 1. The molecule has 4 rings (SSSR count). The van der Waals surface area contributed by atoms with Crippen LogP contribution in [0.25, 0.3) is 11.0 Å². The molecular weight excluding hydrogens is 327 g/mol. The van der Waals surface area contributed by atoms with E-state index in [1.165, 1.54) is 0 Å². The first-order valence-corrected chi connectivity index (χ1v) is 8.32. The smallest absolute Gasteiger partial charge is 0.342 e. The van der Waals surface area contributed by atoms with Gasteiger partial charge in [0, 0.05) is 19.0 Å². The second kappa shape index (κ2) is 6.19. The van der Waals surface area contributed by atoms with Gasteiger partial charge in [-0.1, -0.05) is 24.3 Å². The van der Waals surface area contributed by atoms with E-state index in [4.69, 9.17) is 0 Å². The van der Waals surface area contributed by atoms with Crippen LogP contribution in [-0.2, 0) is 12.7 Å². The Balaban J connectivity index is 1.42. The molecule has 0 aliphatic carbocycles. The van der Waals surface area contributed by atoms with Crippen molar-refractivity contribution in [2.75, 3.05) is 13.1 Å². The van der Waals surface area contributed by atoms with Crippen LogP contribution in [0.4, 0.5) is 13.2 Å². The van der Waals surface area contributed by atoms with Crippen LogP contribution in [-0.4, -0.2) is 28.0 Å². The number of imidazole rings is 1. The lowest BCUT2D eigenvalue weighted by molar-refractivity contribution is -0.137. The maximum atomic E-state index is 12.6. The van der Waals surface area contributed by atoms with Gasteiger partial charge in [-0.3, -0.25) is 4.90 Å². The maximum absolute atomic E-state index is 12.6. The van der Waals surface area contributed by atoms with Crippen molar-refractivity contribution in [1.82, 2.24) is 14.9 Å². The largest absolute Gasteiger partial charge is 0.416 e. The average Bonchev–Trinajstić information content (AvgIpc) is 3.20. The fraction of sp³-hybridized carbons (Fsp3) is 0.316. The van der Waals surface area contributed by atoms with Crippen LogP contribution in [0.1, 0.15) is 29.3 Å². The summed E-state index contributed by atoms with van der Waals surface area (Å²) >= 11 is 0. The van der Waals surface area contributed by atoms with Gasteiger partial charge in [-0.05, 0) is 42.8 Å². The van der Waals surface area contributed by atoms with E-state index in [9.17, 15) is 13.2 Å². The van der Waals surface area contributed by atoms with Crippen LogP contribution in [0.5, 0.6) is 0 Å². The van der Waals surface area contributed by atoms with E-state index in [1.807, 2.05) is 24.3 Å². The van der Waals surface area contributed by atoms with Crippen molar-refractivity contribution < 1.29 is 13.2 Å². The molecule has 0 saturated carbocycles. The lowest BCUT2D eigenvalue weighted by Gasteiger charge is -2.16. The van der Waals surface area contributed by atoms with Crippen molar-refractivity contribution in [3.05, 3.63) is 65.5 Å². The summed E-state index contributed by atoms with van der Waals surface area (Å²) in [6, 6.07) is 13.4. The number of aromatic nitrogens is 2. The highest BCUT2D eigenvalue weighted by atomic mass is 19.4. The molecule has 1 saturated heterocycles. The number of aromatic amines is 1. The summed E-state index contributed by atoms with van der Waals surface area (Å²) in [5.41, 5.74) is 2.31. The van der Waals surface area contributed by atoms with E-state index in [1.54, 1.807) is 12.1 Å². The number of benzene rings is 2. The number of hydrogen-bond acceptors (Lipinski definition) is 2. The van der Waals surface area contributed by atoms with Gasteiger partial charge in [0.15, 0.2) is 0 Å². The van der Waals surface area contributed by atoms with Crippen molar-refractivity contribution >= 4 is 11.0 Å². The Hall–Kier alpha value is -2.34. The molecular formula is C19H18F3N3. The van der Waals surface area contributed by atoms with Gasteiger partial charge in [0.05, 0.1) is 16.6 Å². The first-order valence-electron chi connectivity index (χ1n) is 8.32. The van der Waals surface area contributed by atoms with Crippen LogP contribution in [0.2, 0.25) is 0 Å². The first kappa shape index (κ1) is 16.1. The highest BCUT2D eigenvalue weighted by Gasteiger charge is 2.30. The van der Waals surface area contributed by atoms with Gasteiger partial charge in [0.2, 0.25) is 0 Å². The Labute approximate surface area is 143 Å². The Morgan fingerprint density at radius 2 is 1.84 bits per heavy atom. The molecule has 130 valence electrons. The summed E-state index contributed by atoms with van der Waals surface area (Å²) in [7, 11) is 0. The van der Waals surface area contributed by atoms with Crippen molar-refractivity contribution in [3.8, 4) is 0 Å². The molecule has 0 bridgehead atoms. The number of rotatable bonds is 3. The van der Waals surface area contributed by atoms with Gasteiger partial charge in [-0.15, -0.1) is 0 Å². The molecule has 0 amide bonds. The lowest BCUT2D eigenvalue weighted by Crippen LogP contribution is -2.20. The van der Waals surface area contributed by atoms with E-state index in [0.717, 1.165) is 54.1 Å². The normalized spacial score (nSPS) is 18.9. The molecule has 1 aliphatic rings. The average molecular weight is 345 g/mol. The summed E-state index contributed by atoms with van der Waals surface area (Å²) in [5, 5.41) is 0. The number of halogens is 3. The number of alkyl halides is 3. The molecule has 0 radical (unpaired) electrons. The van der Waals surface area contributed by atoms with Gasteiger partial charge in [0.1, 0.15) is 5.82 Å². The number of hydrogen-bond donors (Lipinski definition) is 1. The molecule has 1 aliphatic heterocycles. The summed E-state index contributed by atoms with van der Waals surface area (Å²) in [5.74, 6) is 1.33. The van der Waals surface area contributed by atoms with Crippen molar-refractivity contribution in [3.63, 3.8) is 0 Å². The van der Waals surface area contributed by atoms with Crippen LogP contribution in [0.3, 0.4) is 0 Å². The van der Waals surface area contributed by atoms with E-state index in [2.05, 4.69) is 14.9 Å². The Kier molecular flexibility index (Phi) is 4.00. The van der Waals surface area contributed by atoms with E-state index >= 15 is 0 Å². The molecule has 0 spiro atoms. The Morgan fingerprint density at radius 3 is 2.56 bits per heavy atom. The third kappa shape index (κ3) is 3.39. The zero-order valence-corrected chi connectivity index (χ0v) is 13.6. The summed E-state index contributed by atoms with van der Waals surface area (Å²) in [4.78, 5) is 10.3. The third-order valence-electron chi connectivity index (χ3n) is 4.75. The minimum Gasteiger partial charge on any atom is -0.342 e. The minimum absolute atomic E-state index is 0.335. The van der Waals surface area contributed by atoms with Gasteiger partial charge in [0.25, 0.3) is 0 Å². The molecule has 1 atom stereocenters. The van der Waals surface area contributed by atoms with E-state index in [-0.39, 0.29) is 0 Å². The monoisotopic (exact) mass is 345 g/mol. The van der Waals surface area contributed by atoms with Crippen molar-refractivity contribution in [2.24, 2.45) is 0 Å². The van der Waals surface area contributed by atoms with Gasteiger partial charge < -0.3 is 4.98 Å². The first-order chi connectivity index (χ1) is 12.0.